The van der Waals surface area contributed by atoms with Crippen molar-refractivity contribution in [2.45, 2.75) is 13.8 Å². The van der Waals surface area contributed by atoms with Crippen LogP contribution in [0.2, 0.25) is 0 Å². The number of rotatable bonds is 4. The maximum absolute atomic E-state index is 13.4. The molecular formula is C16H15BrFNO2. The van der Waals surface area contributed by atoms with E-state index in [0.29, 0.717) is 27.9 Å². The van der Waals surface area contributed by atoms with E-state index in [1.807, 2.05) is 6.92 Å². The molecule has 0 saturated heterocycles. The molecular weight excluding hydrogens is 337 g/mol. The highest BCUT2D eigenvalue weighted by Crippen LogP contribution is 2.25. The summed E-state index contributed by atoms with van der Waals surface area (Å²) in [5.41, 5.74) is 1.75. The Morgan fingerprint density at radius 3 is 2.57 bits per heavy atom. The number of nitrogens with one attached hydrogen (secondary N) is 1. The molecule has 0 fully saturated rings. The zero-order valence-electron chi connectivity index (χ0n) is 11.7. The minimum absolute atomic E-state index is 0.250. The minimum atomic E-state index is -0.355. The Balaban J connectivity index is 2.16. The highest BCUT2D eigenvalue weighted by atomic mass is 79.9. The monoisotopic (exact) mass is 351 g/mol. The highest BCUT2D eigenvalue weighted by molar-refractivity contribution is 9.10. The molecule has 0 heterocycles. The first-order valence-corrected chi connectivity index (χ1v) is 7.30. The molecule has 5 heteroatoms. The average molecular weight is 352 g/mol. The molecule has 0 unspecified atom stereocenters. The van der Waals surface area contributed by atoms with Crippen LogP contribution < -0.4 is 10.1 Å². The second-order valence-electron chi connectivity index (χ2n) is 4.49. The second kappa shape index (κ2) is 6.72. The van der Waals surface area contributed by atoms with Crippen LogP contribution in [0.3, 0.4) is 0 Å². The molecule has 0 atom stereocenters. The summed E-state index contributed by atoms with van der Waals surface area (Å²) in [5, 5.41) is 2.77. The molecule has 0 aromatic heterocycles. The smallest absolute Gasteiger partial charge is 0.255 e. The molecule has 1 amide bonds. The van der Waals surface area contributed by atoms with Crippen LogP contribution in [0.25, 0.3) is 0 Å². The number of anilines is 1. The quantitative estimate of drug-likeness (QED) is 0.877. The van der Waals surface area contributed by atoms with E-state index in [-0.39, 0.29) is 11.7 Å². The van der Waals surface area contributed by atoms with Crippen molar-refractivity contribution in [2.24, 2.45) is 0 Å². The molecule has 110 valence electrons. The fourth-order valence-electron chi connectivity index (χ4n) is 1.84. The van der Waals surface area contributed by atoms with Crippen LogP contribution in [0.4, 0.5) is 10.1 Å². The number of carbonyl (C=O) groups is 1. The lowest BCUT2D eigenvalue weighted by molar-refractivity contribution is 0.102. The fourth-order valence-corrected chi connectivity index (χ4v) is 2.19. The summed E-state index contributed by atoms with van der Waals surface area (Å²) < 4.78 is 19.0. The first-order chi connectivity index (χ1) is 10.0. The molecule has 2 rings (SSSR count). The standard InChI is InChI=1S/C16H15BrFNO2/c1-3-21-12-6-4-11(5-7-12)16(20)19-15-9-13(17)14(18)8-10(15)2/h4-9H,3H2,1-2H3,(H,19,20). The Morgan fingerprint density at radius 1 is 1.29 bits per heavy atom. The minimum Gasteiger partial charge on any atom is -0.494 e. The van der Waals surface area contributed by atoms with Crippen molar-refractivity contribution in [3.05, 3.63) is 57.8 Å². The molecule has 21 heavy (non-hydrogen) atoms. The van der Waals surface area contributed by atoms with Crippen LogP contribution >= 0.6 is 15.9 Å². The van der Waals surface area contributed by atoms with Crippen LogP contribution in [0, 0.1) is 12.7 Å². The van der Waals surface area contributed by atoms with Crippen molar-refractivity contribution >= 4 is 27.5 Å². The van der Waals surface area contributed by atoms with Crippen LogP contribution in [-0.2, 0) is 0 Å². The lowest BCUT2D eigenvalue weighted by Crippen LogP contribution is -2.13. The van der Waals surface area contributed by atoms with Gasteiger partial charge in [0.05, 0.1) is 11.1 Å². The van der Waals surface area contributed by atoms with Crippen molar-refractivity contribution in [1.29, 1.82) is 0 Å². The number of amides is 1. The van der Waals surface area contributed by atoms with Gasteiger partial charge in [0, 0.05) is 11.3 Å². The van der Waals surface area contributed by atoms with E-state index < -0.39 is 0 Å². The summed E-state index contributed by atoms with van der Waals surface area (Å²) in [6, 6.07) is 9.79. The number of ether oxygens (including phenoxy) is 1. The van der Waals surface area contributed by atoms with Gasteiger partial charge in [-0.25, -0.2) is 4.39 Å². The fraction of sp³-hybridized carbons (Fsp3) is 0.188. The van der Waals surface area contributed by atoms with E-state index in [0.717, 1.165) is 5.75 Å². The summed E-state index contributed by atoms with van der Waals surface area (Å²) in [6.07, 6.45) is 0. The number of aryl methyl sites for hydroxylation is 1. The third-order valence-electron chi connectivity index (χ3n) is 2.94. The van der Waals surface area contributed by atoms with Crippen LogP contribution in [-0.4, -0.2) is 12.5 Å². The maximum atomic E-state index is 13.4. The van der Waals surface area contributed by atoms with Crippen molar-refractivity contribution in [1.82, 2.24) is 0 Å². The van der Waals surface area contributed by atoms with Crippen molar-refractivity contribution in [3.63, 3.8) is 0 Å². The van der Waals surface area contributed by atoms with E-state index in [1.165, 1.54) is 6.07 Å². The largest absolute Gasteiger partial charge is 0.494 e. The predicted octanol–water partition coefficient (Wildman–Crippen LogP) is 4.55. The lowest BCUT2D eigenvalue weighted by Gasteiger charge is -2.10. The Morgan fingerprint density at radius 2 is 1.95 bits per heavy atom. The normalized spacial score (nSPS) is 10.3. The van der Waals surface area contributed by atoms with E-state index in [9.17, 15) is 9.18 Å². The molecule has 2 aromatic rings. The SMILES string of the molecule is CCOc1ccc(C(=O)Nc2cc(Br)c(F)cc2C)cc1. The summed E-state index contributed by atoms with van der Waals surface area (Å²) >= 11 is 3.11. The Kier molecular flexibility index (Phi) is 4.96. The van der Waals surface area contributed by atoms with Gasteiger partial charge in [-0.1, -0.05) is 0 Å². The van der Waals surface area contributed by atoms with Gasteiger partial charge in [-0.05, 0) is 71.7 Å². The van der Waals surface area contributed by atoms with Gasteiger partial charge in [0.2, 0.25) is 0 Å². The van der Waals surface area contributed by atoms with Crippen molar-refractivity contribution in [2.75, 3.05) is 11.9 Å². The lowest BCUT2D eigenvalue weighted by atomic mass is 10.1. The third-order valence-corrected chi connectivity index (χ3v) is 3.55. The molecule has 0 aliphatic heterocycles. The molecule has 0 saturated carbocycles. The first-order valence-electron chi connectivity index (χ1n) is 6.51. The molecule has 2 aromatic carbocycles. The van der Waals surface area contributed by atoms with Crippen LogP contribution in [0.1, 0.15) is 22.8 Å². The Labute approximate surface area is 131 Å². The van der Waals surface area contributed by atoms with Gasteiger partial charge in [-0.3, -0.25) is 4.79 Å². The van der Waals surface area contributed by atoms with Crippen LogP contribution in [0.5, 0.6) is 5.75 Å². The number of benzene rings is 2. The molecule has 0 radical (unpaired) electrons. The van der Waals surface area contributed by atoms with Gasteiger partial charge in [0.1, 0.15) is 11.6 Å². The van der Waals surface area contributed by atoms with E-state index >= 15 is 0 Å². The van der Waals surface area contributed by atoms with E-state index in [1.54, 1.807) is 37.3 Å². The van der Waals surface area contributed by atoms with Gasteiger partial charge in [0.25, 0.3) is 5.91 Å². The third kappa shape index (κ3) is 3.82. The summed E-state index contributed by atoms with van der Waals surface area (Å²) in [4.78, 5) is 12.2. The number of hydrogen-bond donors (Lipinski definition) is 1. The van der Waals surface area contributed by atoms with Gasteiger partial charge in [-0.2, -0.15) is 0 Å². The molecule has 3 nitrogen and oxygen atoms in total. The van der Waals surface area contributed by atoms with Crippen molar-refractivity contribution in [3.8, 4) is 5.75 Å². The number of hydrogen-bond acceptors (Lipinski definition) is 2. The topological polar surface area (TPSA) is 38.3 Å². The summed E-state index contributed by atoms with van der Waals surface area (Å²) in [6.45, 7) is 4.22. The number of halogens is 2. The highest BCUT2D eigenvalue weighted by Gasteiger charge is 2.10. The second-order valence-corrected chi connectivity index (χ2v) is 5.35. The Bertz CT molecular complexity index is 656. The molecule has 0 aliphatic rings. The molecule has 0 bridgehead atoms. The van der Waals surface area contributed by atoms with Crippen LogP contribution in [0.15, 0.2) is 40.9 Å². The van der Waals surface area contributed by atoms with Crippen molar-refractivity contribution < 1.29 is 13.9 Å². The van der Waals surface area contributed by atoms with E-state index in [2.05, 4.69) is 21.2 Å². The first kappa shape index (κ1) is 15.5. The van der Waals surface area contributed by atoms with Gasteiger partial charge in [-0.15, -0.1) is 0 Å². The maximum Gasteiger partial charge on any atom is 0.255 e. The summed E-state index contributed by atoms with van der Waals surface area (Å²) in [7, 11) is 0. The van der Waals surface area contributed by atoms with Gasteiger partial charge in [0.15, 0.2) is 0 Å². The predicted molar refractivity (Wildman–Crippen MR) is 84.4 cm³/mol. The zero-order chi connectivity index (χ0) is 15.4. The molecule has 0 spiro atoms. The summed E-state index contributed by atoms with van der Waals surface area (Å²) in [5.74, 6) is 0.112. The molecule has 0 aliphatic carbocycles. The Hall–Kier alpha value is -1.88. The van der Waals surface area contributed by atoms with Gasteiger partial charge < -0.3 is 10.1 Å². The van der Waals surface area contributed by atoms with E-state index in [4.69, 9.17) is 4.74 Å². The number of carbonyl (C=O) groups excluding carboxylic acids is 1. The van der Waals surface area contributed by atoms with Gasteiger partial charge >= 0.3 is 0 Å². The molecule has 1 N–H and O–H groups in total. The zero-order valence-corrected chi connectivity index (χ0v) is 13.3. The average Bonchev–Trinajstić information content (AvgIpc) is 2.46.